The first-order valence-corrected chi connectivity index (χ1v) is 7.37. The van der Waals surface area contributed by atoms with E-state index in [1.807, 2.05) is 0 Å². The zero-order valence-corrected chi connectivity index (χ0v) is 11.7. The molecule has 0 spiro atoms. The number of fused-ring (bicyclic) bond motifs is 2. The highest BCUT2D eigenvalue weighted by Crippen LogP contribution is 2.44. The number of rotatable bonds is 2. The van der Waals surface area contributed by atoms with Gasteiger partial charge >= 0.3 is 0 Å². The molecule has 1 saturated heterocycles. The Morgan fingerprint density at radius 3 is 2.14 bits per heavy atom. The van der Waals surface area contributed by atoms with Gasteiger partial charge in [-0.15, -0.1) is 0 Å². The zero-order valence-electron chi connectivity index (χ0n) is 11.7. The van der Waals surface area contributed by atoms with E-state index < -0.39 is 0 Å². The van der Waals surface area contributed by atoms with Crippen molar-refractivity contribution >= 4 is 11.8 Å². The summed E-state index contributed by atoms with van der Waals surface area (Å²) >= 11 is 0. The number of nitrogens with zero attached hydrogens (tertiary/aromatic N) is 2. The summed E-state index contributed by atoms with van der Waals surface area (Å²) in [5.74, 6) is 7.42. The summed E-state index contributed by atoms with van der Waals surface area (Å²) < 4.78 is 0. The first-order chi connectivity index (χ1) is 10.2. The highest BCUT2D eigenvalue weighted by atomic mass is 16.2. The average molecular weight is 280 g/mol. The van der Waals surface area contributed by atoms with Gasteiger partial charge in [-0.2, -0.15) is 0 Å². The molecule has 0 N–H and O–H groups in total. The Morgan fingerprint density at radius 2 is 1.52 bits per heavy atom. The molecule has 0 radical (unpaired) electrons. The molecule has 0 bridgehead atoms. The molecule has 1 aliphatic carbocycles. The fourth-order valence-electron chi connectivity index (χ4n) is 3.31. The van der Waals surface area contributed by atoms with Crippen molar-refractivity contribution in [2.24, 2.45) is 11.8 Å². The van der Waals surface area contributed by atoms with Crippen molar-refractivity contribution in [1.82, 2.24) is 9.80 Å². The number of benzene rings is 1. The van der Waals surface area contributed by atoms with E-state index in [4.69, 9.17) is 0 Å². The standard InChI is InChI=1S/C17H16N2O2/c20-16-14-5-1-2-6-15(14)17(21)19(16)8-4-3-7-18-10-12-9-13(12)11-18/h1-2,5-6,12-13H,7-11H2. The smallest absolute Gasteiger partial charge is 0.262 e. The van der Waals surface area contributed by atoms with Gasteiger partial charge in [0.05, 0.1) is 24.2 Å². The number of hydrogen-bond acceptors (Lipinski definition) is 3. The average Bonchev–Trinajstić information content (AvgIpc) is 3.04. The van der Waals surface area contributed by atoms with Gasteiger partial charge in [0.15, 0.2) is 0 Å². The van der Waals surface area contributed by atoms with Gasteiger partial charge in [0.1, 0.15) is 0 Å². The Labute approximate surface area is 123 Å². The van der Waals surface area contributed by atoms with Crippen LogP contribution in [0.5, 0.6) is 0 Å². The molecule has 4 rings (SSSR count). The van der Waals surface area contributed by atoms with Crippen LogP contribution in [0.25, 0.3) is 0 Å². The molecule has 3 aliphatic rings. The second kappa shape index (κ2) is 4.71. The zero-order chi connectivity index (χ0) is 14.4. The van der Waals surface area contributed by atoms with Gasteiger partial charge in [0.2, 0.25) is 0 Å². The summed E-state index contributed by atoms with van der Waals surface area (Å²) in [5.41, 5.74) is 0.980. The van der Waals surface area contributed by atoms with Gasteiger partial charge in [0, 0.05) is 13.1 Å². The number of piperidine rings is 1. The van der Waals surface area contributed by atoms with E-state index >= 15 is 0 Å². The predicted octanol–water partition coefficient (Wildman–Crippen LogP) is 1.24. The van der Waals surface area contributed by atoms with Crippen LogP contribution in [0.3, 0.4) is 0 Å². The molecule has 4 nitrogen and oxygen atoms in total. The molecule has 2 atom stereocenters. The number of carbonyl (C=O) groups is 2. The minimum atomic E-state index is -0.229. The first kappa shape index (κ1) is 12.6. The van der Waals surface area contributed by atoms with Crippen LogP contribution < -0.4 is 0 Å². The van der Waals surface area contributed by atoms with Gasteiger partial charge in [-0.05, 0) is 30.4 Å². The topological polar surface area (TPSA) is 40.6 Å². The molecular weight excluding hydrogens is 264 g/mol. The van der Waals surface area contributed by atoms with Crippen molar-refractivity contribution in [3.8, 4) is 11.8 Å². The lowest BCUT2D eigenvalue weighted by molar-refractivity contribution is 0.0675. The monoisotopic (exact) mass is 280 g/mol. The van der Waals surface area contributed by atoms with E-state index in [1.165, 1.54) is 11.3 Å². The van der Waals surface area contributed by atoms with Gasteiger partial charge in [-0.25, -0.2) is 0 Å². The number of likely N-dealkylation sites (tertiary alicyclic amines) is 1. The molecule has 2 unspecified atom stereocenters. The first-order valence-electron chi connectivity index (χ1n) is 7.37. The third kappa shape index (κ3) is 2.14. The van der Waals surface area contributed by atoms with Crippen molar-refractivity contribution in [2.45, 2.75) is 6.42 Å². The maximum absolute atomic E-state index is 12.1. The Hall–Kier alpha value is -2.12. The van der Waals surface area contributed by atoms with Crippen LogP contribution in [-0.4, -0.2) is 47.8 Å². The van der Waals surface area contributed by atoms with Crippen molar-refractivity contribution in [1.29, 1.82) is 0 Å². The highest BCUT2D eigenvalue weighted by molar-refractivity contribution is 6.21. The summed E-state index contributed by atoms with van der Waals surface area (Å²) in [4.78, 5) is 27.9. The van der Waals surface area contributed by atoms with Gasteiger partial charge < -0.3 is 0 Å². The Morgan fingerprint density at radius 1 is 0.952 bits per heavy atom. The summed E-state index contributed by atoms with van der Waals surface area (Å²) in [6.07, 6.45) is 1.39. The van der Waals surface area contributed by atoms with Gasteiger partial charge in [0.25, 0.3) is 11.8 Å². The SMILES string of the molecule is O=C1c2ccccc2C(=O)N1CC#CCN1CC2CC2C1. The summed E-state index contributed by atoms with van der Waals surface area (Å²) in [6, 6.07) is 6.94. The quantitative estimate of drug-likeness (QED) is 0.604. The Bertz CT molecular complexity index is 641. The van der Waals surface area contributed by atoms with E-state index in [1.54, 1.807) is 24.3 Å². The maximum Gasteiger partial charge on any atom is 0.262 e. The molecule has 0 aromatic heterocycles. The predicted molar refractivity (Wildman–Crippen MR) is 77.6 cm³/mol. The molecule has 2 heterocycles. The second-order valence-corrected chi connectivity index (χ2v) is 6.05. The third-order valence-corrected chi connectivity index (χ3v) is 4.60. The lowest BCUT2D eigenvalue weighted by Crippen LogP contribution is -2.30. The van der Waals surface area contributed by atoms with Gasteiger partial charge in [-0.1, -0.05) is 24.0 Å². The van der Waals surface area contributed by atoms with E-state index in [9.17, 15) is 9.59 Å². The normalized spacial score (nSPS) is 26.4. The molecule has 21 heavy (non-hydrogen) atoms. The van der Waals surface area contributed by atoms with Crippen molar-refractivity contribution < 1.29 is 9.59 Å². The summed E-state index contributed by atoms with van der Waals surface area (Å²) in [6.45, 7) is 3.25. The fourth-order valence-corrected chi connectivity index (χ4v) is 3.31. The minimum absolute atomic E-state index is 0.188. The lowest BCUT2D eigenvalue weighted by Gasteiger charge is -2.13. The third-order valence-electron chi connectivity index (χ3n) is 4.60. The van der Waals surface area contributed by atoms with Crippen molar-refractivity contribution in [3.63, 3.8) is 0 Å². The number of carbonyl (C=O) groups excluding carboxylic acids is 2. The molecule has 1 aromatic rings. The molecule has 2 fully saturated rings. The Kier molecular flexibility index (Phi) is 2.83. The number of amides is 2. The minimum Gasteiger partial charge on any atom is -0.292 e. The second-order valence-electron chi connectivity index (χ2n) is 6.05. The molecule has 1 aromatic carbocycles. The molecule has 106 valence electrons. The van der Waals surface area contributed by atoms with E-state index in [0.717, 1.165) is 31.5 Å². The highest BCUT2D eigenvalue weighted by Gasteiger charge is 2.44. The van der Waals surface area contributed by atoms with E-state index in [0.29, 0.717) is 11.1 Å². The molecule has 4 heteroatoms. The Balaban J connectivity index is 1.38. The van der Waals surface area contributed by atoms with E-state index in [2.05, 4.69) is 16.7 Å². The summed E-state index contributed by atoms with van der Waals surface area (Å²) in [7, 11) is 0. The fraction of sp³-hybridized carbons (Fsp3) is 0.412. The largest absolute Gasteiger partial charge is 0.292 e. The van der Waals surface area contributed by atoms with Crippen molar-refractivity contribution in [2.75, 3.05) is 26.2 Å². The molecular formula is C17H16N2O2. The van der Waals surface area contributed by atoms with Gasteiger partial charge in [-0.3, -0.25) is 19.4 Å². The van der Waals surface area contributed by atoms with Crippen LogP contribution >= 0.6 is 0 Å². The number of imide groups is 1. The van der Waals surface area contributed by atoms with E-state index in [-0.39, 0.29) is 18.4 Å². The number of hydrogen-bond donors (Lipinski definition) is 0. The van der Waals surface area contributed by atoms with Crippen LogP contribution in [0.4, 0.5) is 0 Å². The van der Waals surface area contributed by atoms with Crippen LogP contribution in [0, 0.1) is 23.7 Å². The molecule has 2 aliphatic heterocycles. The van der Waals surface area contributed by atoms with Crippen LogP contribution in [0.15, 0.2) is 24.3 Å². The summed E-state index contributed by atoms with van der Waals surface area (Å²) in [5, 5.41) is 0. The maximum atomic E-state index is 12.1. The van der Waals surface area contributed by atoms with Crippen molar-refractivity contribution in [3.05, 3.63) is 35.4 Å². The lowest BCUT2D eigenvalue weighted by atomic mass is 10.1. The van der Waals surface area contributed by atoms with Crippen LogP contribution in [0.1, 0.15) is 27.1 Å². The molecule has 1 saturated carbocycles. The molecule has 2 amide bonds. The van der Waals surface area contributed by atoms with Crippen LogP contribution in [-0.2, 0) is 0 Å². The van der Waals surface area contributed by atoms with Crippen LogP contribution in [0.2, 0.25) is 0 Å².